The Morgan fingerprint density at radius 3 is 2.71 bits per heavy atom. The summed E-state index contributed by atoms with van der Waals surface area (Å²) < 4.78 is 28.1. The van der Waals surface area contributed by atoms with E-state index in [4.69, 9.17) is 0 Å². The third kappa shape index (κ3) is 6.31. The van der Waals surface area contributed by atoms with Crippen molar-refractivity contribution in [2.24, 2.45) is 5.41 Å². The number of ether oxygens (including phenoxy) is 1. The SMILES string of the molecule is O=C(CCOCC(F)F)NCC1(CCBr)CC1. The normalized spacial score (nSPS) is 17.2. The van der Waals surface area contributed by atoms with Gasteiger partial charge in [0.05, 0.1) is 6.61 Å². The second-order valence-electron chi connectivity index (χ2n) is 4.43. The van der Waals surface area contributed by atoms with Gasteiger partial charge in [0.15, 0.2) is 0 Å². The summed E-state index contributed by atoms with van der Waals surface area (Å²) in [7, 11) is 0. The van der Waals surface area contributed by atoms with Gasteiger partial charge in [-0.15, -0.1) is 0 Å². The molecule has 0 heterocycles. The Hall–Kier alpha value is -0.230. The minimum absolute atomic E-state index is 0.0572. The molecule has 100 valence electrons. The van der Waals surface area contributed by atoms with Crippen LogP contribution in [-0.4, -0.2) is 37.4 Å². The second kappa shape index (κ2) is 7.26. The zero-order valence-electron chi connectivity index (χ0n) is 9.68. The van der Waals surface area contributed by atoms with E-state index in [-0.39, 0.29) is 24.3 Å². The molecule has 1 aliphatic rings. The summed E-state index contributed by atoms with van der Waals surface area (Å²) in [5.41, 5.74) is 0.281. The third-order valence-corrected chi connectivity index (χ3v) is 3.36. The van der Waals surface area contributed by atoms with Crippen LogP contribution in [0.15, 0.2) is 0 Å². The number of rotatable bonds is 9. The highest BCUT2D eigenvalue weighted by Gasteiger charge is 2.41. The maximum Gasteiger partial charge on any atom is 0.261 e. The Kier molecular flexibility index (Phi) is 6.33. The maximum atomic E-state index is 11.7. The molecule has 0 saturated heterocycles. The minimum Gasteiger partial charge on any atom is -0.375 e. The predicted molar refractivity (Wildman–Crippen MR) is 64.5 cm³/mol. The molecule has 1 N–H and O–H groups in total. The number of halogens is 3. The van der Waals surface area contributed by atoms with Crippen molar-refractivity contribution in [3.63, 3.8) is 0 Å². The molecular weight excluding hydrogens is 296 g/mol. The summed E-state index contributed by atoms with van der Waals surface area (Å²) in [5, 5.41) is 3.78. The van der Waals surface area contributed by atoms with Crippen molar-refractivity contribution in [1.29, 1.82) is 0 Å². The van der Waals surface area contributed by atoms with Crippen LogP contribution in [-0.2, 0) is 9.53 Å². The number of alkyl halides is 3. The average Bonchev–Trinajstić information content (AvgIpc) is 3.03. The van der Waals surface area contributed by atoms with Crippen molar-refractivity contribution in [2.45, 2.75) is 32.1 Å². The van der Waals surface area contributed by atoms with E-state index in [1.807, 2.05) is 0 Å². The molecule has 17 heavy (non-hydrogen) atoms. The summed E-state index contributed by atoms with van der Waals surface area (Å²) in [6, 6.07) is 0. The van der Waals surface area contributed by atoms with Gasteiger partial charge in [0.2, 0.25) is 5.91 Å². The van der Waals surface area contributed by atoms with E-state index in [1.54, 1.807) is 0 Å². The molecule has 0 aliphatic heterocycles. The van der Waals surface area contributed by atoms with E-state index in [9.17, 15) is 13.6 Å². The first kappa shape index (κ1) is 14.8. The van der Waals surface area contributed by atoms with Crippen LogP contribution in [0.1, 0.15) is 25.7 Å². The molecule has 1 amide bonds. The number of nitrogens with one attached hydrogen (secondary N) is 1. The quantitative estimate of drug-likeness (QED) is 0.524. The molecule has 6 heteroatoms. The lowest BCUT2D eigenvalue weighted by molar-refractivity contribution is -0.122. The predicted octanol–water partition coefficient (Wildman–Crippen LogP) is 2.34. The Balaban J connectivity index is 2.02. The van der Waals surface area contributed by atoms with Gasteiger partial charge in [0.25, 0.3) is 6.43 Å². The summed E-state index contributed by atoms with van der Waals surface area (Å²) in [6.07, 6.45) is 1.06. The fourth-order valence-corrected chi connectivity index (χ4v) is 2.45. The van der Waals surface area contributed by atoms with E-state index in [1.165, 1.54) is 0 Å². The lowest BCUT2D eigenvalue weighted by Crippen LogP contribution is -2.31. The largest absolute Gasteiger partial charge is 0.375 e. The zero-order valence-corrected chi connectivity index (χ0v) is 11.3. The highest BCUT2D eigenvalue weighted by Crippen LogP contribution is 2.48. The van der Waals surface area contributed by atoms with Crippen LogP contribution < -0.4 is 5.32 Å². The lowest BCUT2D eigenvalue weighted by atomic mass is 10.0. The van der Waals surface area contributed by atoms with Gasteiger partial charge in [0, 0.05) is 18.3 Å². The van der Waals surface area contributed by atoms with E-state index in [0.29, 0.717) is 6.54 Å². The van der Waals surface area contributed by atoms with Gasteiger partial charge in [-0.3, -0.25) is 4.79 Å². The van der Waals surface area contributed by atoms with E-state index >= 15 is 0 Å². The Labute approximate surface area is 108 Å². The topological polar surface area (TPSA) is 38.3 Å². The maximum absolute atomic E-state index is 11.7. The number of carbonyl (C=O) groups is 1. The molecule has 1 rings (SSSR count). The second-order valence-corrected chi connectivity index (χ2v) is 5.22. The fraction of sp³-hybridized carbons (Fsp3) is 0.909. The molecule has 1 saturated carbocycles. The highest BCUT2D eigenvalue weighted by atomic mass is 79.9. The minimum atomic E-state index is -2.47. The standard InChI is InChI=1S/C11H18BrF2NO2/c12-5-4-11(2-3-11)8-15-10(16)1-6-17-7-9(13)14/h9H,1-8H2,(H,15,16). The van der Waals surface area contributed by atoms with Crippen LogP contribution in [0, 0.1) is 5.41 Å². The molecule has 0 unspecified atom stereocenters. The molecule has 0 spiro atoms. The van der Waals surface area contributed by atoms with Gasteiger partial charge in [-0.05, 0) is 24.7 Å². The molecule has 0 aromatic carbocycles. The fourth-order valence-electron chi connectivity index (χ4n) is 1.60. The van der Waals surface area contributed by atoms with E-state index in [2.05, 4.69) is 26.0 Å². The monoisotopic (exact) mass is 313 g/mol. The molecule has 0 atom stereocenters. The average molecular weight is 314 g/mol. The summed E-state index contributed by atoms with van der Waals surface area (Å²) in [4.78, 5) is 11.4. The van der Waals surface area contributed by atoms with Gasteiger partial charge >= 0.3 is 0 Å². The molecule has 0 aromatic heterocycles. The summed E-state index contributed by atoms with van der Waals surface area (Å²) in [6.45, 7) is 0.148. The first-order valence-electron chi connectivity index (χ1n) is 5.76. The smallest absolute Gasteiger partial charge is 0.261 e. The molecule has 3 nitrogen and oxygen atoms in total. The first-order chi connectivity index (χ1) is 8.08. The van der Waals surface area contributed by atoms with Crippen LogP contribution in [0.25, 0.3) is 0 Å². The van der Waals surface area contributed by atoms with Crippen LogP contribution >= 0.6 is 15.9 Å². The molecule has 1 aliphatic carbocycles. The van der Waals surface area contributed by atoms with Gasteiger partial charge in [-0.25, -0.2) is 8.78 Å². The number of hydrogen-bond acceptors (Lipinski definition) is 2. The molecule has 0 bridgehead atoms. The molecular formula is C11H18BrF2NO2. The van der Waals surface area contributed by atoms with Crippen LogP contribution in [0.4, 0.5) is 8.78 Å². The lowest BCUT2D eigenvalue weighted by Gasteiger charge is -2.14. The Morgan fingerprint density at radius 2 is 2.18 bits per heavy atom. The van der Waals surface area contributed by atoms with Crippen molar-refractivity contribution >= 4 is 21.8 Å². The van der Waals surface area contributed by atoms with E-state index < -0.39 is 13.0 Å². The number of hydrogen-bond donors (Lipinski definition) is 1. The van der Waals surface area contributed by atoms with Crippen LogP contribution in [0.2, 0.25) is 0 Å². The number of amides is 1. The third-order valence-electron chi connectivity index (χ3n) is 2.96. The van der Waals surface area contributed by atoms with Crippen LogP contribution in [0.5, 0.6) is 0 Å². The molecule has 0 radical (unpaired) electrons. The van der Waals surface area contributed by atoms with Crippen molar-refractivity contribution < 1.29 is 18.3 Å². The molecule has 1 fully saturated rings. The molecule has 0 aromatic rings. The van der Waals surface area contributed by atoms with Crippen molar-refractivity contribution in [1.82, 2.24) is 5.32 Å². The van der Waals surface area contributed by atoms with Crippen molar-refractivity contribution in [3.8, 4) is 0 Å². The Bertz CT molecular complexity index is 248. The van der Waals surface area contributed by atoms with Gasteiger partial charge in [0.1, 0.15) is 6.61 Å². The van der Waals surface area contributed by atoms with Gasteiger partial charge < -0.3 is 10.1 Å². The van der Waals surface area contributed by atoms with Gasteiger partial charge in [-0.1, -0.05) is 15.9 Å². The van der Waals surface area contributed by atoms with Crippen molar-refractivity contribution in [2.75, 3.05) is 25.1 Å². The van der Waals surface area contributed by atoms with Crippen molar-refractivity contribution in [3.05, 3.63) is 0 Å². The zero-order chi connectivity index (χ0) is 12.7. The summed E-state index contributed by atoms with van der Waals surface area (Å²) in [5.74, 6) is -0.125. The summed E-state index contributed by atoms with van der Waals surface area (Å²) >= 11 is 3.39. The van der Waals surface area contributed by atoms with Gasteiger partial charge in [-0.2, -0.15) is 0 Å². The van der Waals surface area contributed by atoms with Crippen LogP contribution in [0.3, 0.4) is 0 Å². The number of carbonyl (C=O) groups excluding carboxylic acids is 1. The Morgan fingerprint density at radius 1 is 1.47 bits per heavy atom. The first-order valence-corrected chi connectivity index (χ1v) is 6.89. The van der Waals surface area contributed by atoms with E-state index in [0.717, 1.165) is 24.6 Å². The highest BCUT2D eigenvalue weighted by molar-refractivity contribution is 9.09.